The molecule has 0 spiro atoms. The Morgan fingerprint density at radius 2 is 2.00 bits per heavy atom. The SMILES string of the molecule is CCS(=O)(=O)c1cc(C(=O)OC)cnc1-c1nc2cc(C(F)(F)F)ccn2n1. The number of hydrogen-bond donors (Lipinski definition) is 0. The summed E-state index contributed by atoms with van der Waals surface area (Å²) in [5.41, 5.74) is -1.33. The van der Waals surface area contributed by atoms with E-state index in [0.717, 1.165) is 42.2 Å². The molecule has 0 bridgehead atoms. The summed E-state index contributed by atoms with van der Waals surface area (Å²) in [7, 11) is -2.72. The summed E-state index contributed by atoms with van der Waals surface area (Å²) >= 11 is 0. The largest absolute Gasteiger partial charge is 0.465 e. The van der Waals surface area contributed by atoms with Crippen LogP contribution >= 0.6 is 0 Å². The number of halogens is 3. The van der Waals surface area contributed by atoms with E-state index < -0.39 is 27.5 Å². The Morgan fingerprint density at radius 1 is 1.29 bits per heavy atom. The molecule has 3 rings (SSSR count). The number of pyridine rings is 2. The number of methoxy groups -OCH3 is 1. The lowest BCUT2D eigenvalue weighted by Crippen LogP contribution is -2.11. The van der Waals surface area contributed by atoms with Crippen molar-refractivity contribution in [3.8, 4) is 11.5 Å². The first kappa shape index (κ1) is 19.7. The molecule has 0 N–H and O–H groups in total. The fourth-order valence-corrected chi connectivity index (χ4v) is 3.45. The van der Waals surface area contributed by atoms with Gasteiger partial charge in [-0.3, -0.25) is 4.98 Å². The van der Waals surface area contributed by atoms with Crippen molar-refractivity contribution in [2.75, 3.05) is 12.9 Å². The molecule has 28 heavy (non-hydrogen) atoms. The molecule has 8 nitrogen and oxygen atoms in total. The van der Waals surface area contributed by atoms with Crippen LogP contribution in [0.4, 0.5) is 13.2 Å². The molecule has 0 saturated carbocycles. The van der Waals surface area contributed by atoms with E-state index >= 15 is 0 Å². The third-order valence-electron chi connectivity index (χ3n) is 3.87. The fourth-order valence-electron chi connectivity index (χ4n) is 2.39. The van der Waals surface area contributed by atoms with E-state index in [1.807, 2.05) is 0 Å². The second-order valence-electron chi connectivity index (χ2n) is 5.62. The van der Waals surface area contributed by atoms with Crippen molar-refractivity contribution < 1.29 is 31.1 Å². The molecule has 0 atom stereocenters. The van der Waals surface area contributed by atoms with Crippen LogP contribution in [0, 0.1) is 0 Å². The molecule has 0 fully saturated rings. The molecule has 0 aromatic carbocycles. The first-order valence-corrected chi connectivity index (χ1v) is 9.47. The molecule has 3 aromatic rings. The van der Waals surface area contributed by atoms with E-state index in [1.54, 1.807) is 0 Å². The zero-order chi connectivity index (χ0) is 20.7. The van der Waals surface area contributed by atoms with Crippen molar-refractivity contribution in [3.05, 3.63) is 41.7 Å². The third-order valence-corrected chi connectivity index (χ3v) is 5.61. The molecule has 0 aliphatic heterocycles. The van der Waals surface area contributed by atoms with Gasteiger partial charge in [0.05, 0.1) is 28.9 Å². The van der Waals surface area contributed by atoms with Crippen LogP contribution in [0.5, 0.6) is 0 Å². The number of alkyl halides is 3. The summed E-state index contributed by atoms with van der Waals surface area (Å²) < 4.78 is 69.2. The fraction of sp³-hybridized carbons (Fsp3) is 0.250. The van der Waals surface area contributed by atoms with E-state index in [-0.39, 0.29) is 33.4 Å². The van der Waals surface area contributed by atoms with Crippen molar-refractivity contribution >= 4 is 21.5 Å². The Balaban J connectivity index is 2.21. The highest BCUT2D eigenvalue weighted by Crippen LogP contribution is 2.30. The molecule has 0 aliphatic carbocycles. The molecular weight excluding hydrogens is 401 g/mol. The van der Waals surface area contributed by atoms with Crippen LogP contribution in [0.3, 0.4) is 0 Å². The van der Waals surface area contributed by atoms with Gasteiger partial charge < -0.3 is 4.74 Å². The molecule has 0 aliphatic rings. The zero-order valence-corrected chi connectivity index (χ0v) is 15.4. The lowest BCUT2D eigenvalue weighted by atomic mass is 10.2. The van der Waals surface area contributed by atoms with Gasteiger partial charge in [0, 0.05) is 12.4 Å². The van der Waals surface area contributed by atoms with Gasteiger partial charge in [-0.1, -0.05) is 6.92 Å². The van der Waals surface area contributed by atoms with Gasteiger partial charge in [0.1, 0.15) is 5.69 Å². The molecule has 12 heteroatoms. The van der Waals surface area contributed by atoms with Gasteiger partial charge in [-0.15, -0.1) is 5.10 Å². The molecule has 148 valence electrons. The molecule has 3 aromatic heterocycles. The van der Waals surface area contributed by atoms with Gasteiger partial charge >= 0.3 is 12.1 Å². The summed E-state index contributed by atoms with van der Waals surface area (Å²) in [6.45, 7) is 1.40. The topological polar surface area (TPSA) is 104 Å². The van der Waals surface area contributed by atoms with Crippen LogP contribution in [0.1, 0.15) is 22.8 Å². The highest BCUT2D eigenvalue weighted by molar-refractivity contribution is 7.91. The molecule has 0 amide bonds. The van der Waals surface area contributed by atoms with E-state index in [0.29, 0.717) is 0 Å². The Bertz CT molecular complexity index is 1170. The van der Waals surface area contributed by atoms with Gasteiger partial charge in [0.15, 0.2) is 15.5 Å². The summed E-state index contributed by atoms with van der Waals surface area (Å²) in [4.78, 5) is 19.3. The van der Waals surface area contributed by atoms with Gasteiger partial charge in [-0.25, -0.2) is 22.7 Å². The van der Waals surface area contributed by atoms with E-state index in [1.165, 1.54) is 6.92 Å². The zero-order valence-electron chi connectivity index (χ0n) is 14.6. The second kappa shape index (κ2) is 6.86. The minimum absolute atomic E-state index is 0.0959. The van der Waals surface area contributed by atoms with E-state index in [2.05, 4.69) is 19.8 Å². The van der Waals surface area contributed by atoms with Crippen LogP contribution in [0.15, 0.2) is 35.5 Å². The average Bonchev–Trinajstić information content (AvgIpc) is 3.09. The Labute approximate surface area is 156 Å². The predicted molar refractivity (Wildman–Crippen MR) is 90.3 cm³/mol. The monoisotopic (exact) mass is 414 g/mol. The van der Waals surface area contributed by atoms with Crippen LogP contribution in [-0.2, 0) is 20.8 Å². The minimum Gasteiger partial charge on any atom is -0.465 e. The molecule has 3 heterocycles. The highest BCUT2D eigenvalue weighted by Gasteiger charge is 2.31. The van der Waals surface area contributed by atoms with Gasteiger partial charge in [0.2, 0.25) is 5.82 Å². The minimum atomic E-state index is -4.56. The van der Waals surface area contributed by atoms with Gasteiger partial charge in [-0.2, -0.15) is 13.2 Å². The van der Waals surface area contributed by atoms with Crippen molar-refractivity contribution in [2.24, 2.45) is 0 Å². The Hall–Kier alpha value is -3.02. The number of esters is 1. The summed E-state index contributed by atoms with van der Waals surface area (Å²) in [5.74, 6) is -1.27. The number of aromatic nitrogens is 4. The number of carbonyl (C=O) groups is 1. The summed E-state index contributed by atoms with van der Waals surface area (Å²) in [5, 5.41) is 4.00. The summed E-state index contributed by atoms with van der Waals surface area (Å²) in [6, 6.07) is 2.69. The van der Waals surface area contributed by atoms with Gasteiger partial charge in [-0.05, 0) is 18.2 Å². The average molecular weight is 414 g/mol. The predicted octanol–water partition coefficient (Wildman–Crippen LogP) is 2.39. The van der Waals surface area contributed by atoms with Crippen molar-refractivity contribution in [1.82, 2.24) is 19.6 Å². The number of fused-ring (bicyclic) bond motifs is 1. The first-order valence-electron chi connectivity index (χ1n) is 7.82. The summed E-state index contributed by atoms with van der Waals surface area (Å²) in [6.07, 6.45) is -2.42. The number of sulfone groups is 1. The third kappa shape index (κ3) is 3.54. The van der Waals surface area contributed by atoms with Crippen molar-refractivity contribution in [2.45, 2.75) is 18.0 Å². The lowest BCUT2D eigenvalue weighted by molar-refractivity contribution is -0.137. The molecule has 0 saturated heterocycles. The number of ether oxygens (including phenoxy) is 1. The number of rotatable bonds is 4. The highest BCUT2D eigenvalue weighted by atomic mass is 32.2. The second-order valence-corrected chi connectivity index (χ2v) is 7.86. The maximum absolute atomic E-state index is 12.9. The first-order chi connectivity index (χ1) is 13.1. The van der Waals surface area contributed by atoms with E-state index in [4.69, 9.17) is 0 Å². The normalized spacial score (nSPS) is 12.3. The molecule has 0 unspecified atom stereocenters. The van der Waals surface area contributed by atoms with Gasteiger partial charge in [0.25, 0.3) is 0 Å². The van der Waals surface area contributed by atoms with Crippen LogP contribution in [0.2, 0.25) is 0 Å². The van der Waals surface area contributed by atoms with Crippen LogP contribution in [0.25, 0.3) is 17.2 Å². The number of carbonyl (C=O) groups excluding carboxylic acids is 1. The maximum Gasteiger partial charge on any atom is 0.416 e. The number of nitrogens with zero attached hydrogens (tertiary/aromatic N) is 4. The van der Waals surface area contributed by atoms with Crippen LogP contribution < -0.4 is 0 Å². The Morgan fingerprint density at radius 3 is 2.61 bits per heavy atom. The number of hydrogen-bond acceptors (Lipinski definition) is 7. The quantitative estimate of drug-likeness (QED) is 0.604. The van der Waals surface area contributed by atoms with Crippen molar-refractivity contribution in [3.63, 3.8) is 0 Å². The smallest absolute Gasteiger partial charge is 0.416 e. The van der Waals surface area contributed by atoms with E-state index in [9.17, 15) is 26.4 Å². The maximum atomic E-state index is 12.9. The molecule has 0 radical (unpaired) electrons. The standard InChI is InChI=1S/C16H13F3N4O4S/c1-3-28(25,26)11-6-9(15(24)27-2)8-20-13(11)14-21-12-7-10(16(17,18)19)4-5-23(12)22-14/h4-8H,3H2,1-2H3. The van der Waals surface area contributed by atoms with Crippen LogP contribution in [-0.4, -0.2) is 46.8 Å². The Kier molecular flexibility index (Phi) is 4.83. The van der Waals surface area contributed by atoms with Crippen molar-refractivity contribution in [1.29, 1.82) is 0 Å². The molecular formula is C16H13F3N4O4S. The lowest BCUT2D eigenvalue weighted by Gasteiger charge is -2.07.